The van der Waals surface area contributed by atoms with Crippen molar-refractivity contribution in [3.8, 4) is 5.88 Å². The molecule has 0 bridgehead atoms. The largest absolute Gasteiger partial charge is 0.481 e. The summed E-state index contributed by atoms with van der Waals surface area (Å²) in [7, 11) is 1.53. The molecular weight excluding hydrogens is 350 g/mol. The van der Waals surface area contributed by atoms with Gasteiger partial charge in [0.25, 0.3) is 0 Å². The van der Waals surface area contributed by atoms with Gasteiger partial charge in [0.05, 0.1) is 36.8 Å². The van der Waals surface area contributed by atoms with Gasteiger partial charge in [-0.25, -0.2) is 14.6 Å². The van der Waals surface area contributed by atoms with E-state index in [0.717, 1.165) is 17.1 Å². The van der Waals surface area contributed by atoms with Crippen LogP contribution in [0, 0.1) is 6.57 Å². The summed E-state index contributed by atoms with van der Waals surface area (Å²) in [5, 5.41) is 4.02. The molecule has 1 aliphatic heterocycles. The zero-order valence-electron chi connectivity index (χ0n) is 15.5. The maximum atomic E-state index is 12.8. The van der Waals surface area contributed by atoms with Gasteiger partial charge in [0.1, 0.15) is 0 Å². The molecule has 0 saturated heterocycles. The third-order valence-electron chi connectivity index (χ3n) is 4.01. The lowest BCUT2D eigenvalue weighted by Gasteiger charge is -2.30. The number of methoxy groups -OCH3 is 1. The molecule has 0 radical (unpaired) electrons. The highest BCUT2D eigenvalue weighted by molar-refractivity contribution is 8.02. The number of carbonyl (C=O) groups excluding carboxylic acids is 1. The van der Waals surface area contributed by atoms with E-state index in [2.05, 4.69) is 15.1 Å². The second-order valence-corrected chi connectivity index (χ2v) is 6.37. The minimum absolute atomic E-state index is 0.269. The van der Waals surface area contributed by atoms with E-state index in [9.17, 15) is 4.79 Å². The van der Waals surface area contributed by atoms with Crippen molar-refractivity contribution in [1.29, 1.82) is 0 Å². The Morgan fingerprint density at radius 3 is 2.81 bits per heavy atom. The van der Waals surface area contributed by atoms with Crippen LogP contribution in [0.3, 0.4) is 0 Å². The third-order valence-corrected chi connectivity index (χ3v) is 4.73. The first-order valence-corrected chi connectivity index (χ1v) is 9.66. The molecule has 1 aliphatic rings. The normalized spacial score (nSPS) is 16.8. The number of thioether (sulfide) groups is 1. The SMILES string of the molecule is [C-]#[N+]C1=C(SC)NC(CCC)=C(C(=O)OCC)C1c1cccnc1OC. The van der Waals surface area contributed by atoms with Gasteiger partial charge in [-0.1, -0.05) is 19.4 Å². The number of rotatable bonds is 7. The Labute approximate surface area is 158 Å². The van der Waals surface area contributed by atoms with Crippen LogP contribution in [0.2, 0.25) is 0 Å². The zero-order valence-corrected chi connectivity index (χ0v) is 16.3. The van der Waals surface area contributed by atoms with Gasteiger partial charge in [-0.3, -0.25) is 0 Å². The van der Waals surface area contributed by atoms with Crippen LogP contribution in [-0.4, -0.2) is 30.9 Å². The predicted octanol–water partition coefficient (Wildman–Crippen LogP) is 3.85. The number of hydrogen-bond acceptors (Lipinski definition) is 6. The lowest BCUT2D eigenvalue weighted by Crippen LogP contribution is -2.29. The van der Waals surface area contributed by atoms with Crippen LogP contribution in [0.25, 0.3) is 4.85 Å². The number of allylic oxidation sites excluding steroid dienone is 2. The summed E-state index contributed by atoms with van der Waals surface area (Å²) < 4.78 is 10.7. The minimum Gasteiger partial charge on any atom is -0.481 e. The highest BCUT2D eigenvalue weighted by Gasteiger charge is 2.38. The number of nitrogens with zero attached hydrogens (tertiary/aromatic N) is 2. The molecule has 0 spiro atoms. The van der Waals surface area contributed by atoms with Gasteiger partial charge in [0.2, 0.25) is 11.6 Å². The first kappa shape index (κ1) is 19.9. The molecule has 138 valence electrons. The van der Waals surface area contributed by atoms with Gasteiger partial charge in [-0.2, -0.15) is 0 Å². The number of pyridine rings is 1. The van der Waals surface area contributed by atoms with Crippen LogP contribution < -0.4 is 10.1 Å². The summed E-state index contributed by atoms with van der Waals surface area (Å²) in [6, 6.07) is 3.62. The van der Waals surface area contributed by atoms with E-state index in [-0.39, 0.29) is 6.61 Å². The molecule has 26 heavy (non-hydrogen) atoms. The van der Waals surface area contributed by atoms with Crippen molar-refractivity contribution in [2.75, 3.05) is 20.0 Å². The van der Waals surface area contributed by atoms with Crippen LogP contribution in [0.15, 0.2) is 40.3 Å². The van der Waals surface area contributed by atoms with E-state index in [4.69, 9.17) is 16.0 Å². The molecule has 1 atom stereocenters. The molecule has 0 saturated carbocycles. The fraction of sp³-hybridized carbons (Fsp3) is 0.421. The van der Waals surface area contributed by atoms with Gasteiger partial charge in [-0.05, 0) is 25.7 Å². The minimum atomic E-state index is -0.569. The van der Waals surface area contributed by atoms with Gasteiger partial charge in [0.15, 0.2) is 0 Å². The molecule has 7 heteroatoms. The van der Waals surface area contributed by atoms with Crippen LogP contribution in [0.1, 0.15) is 38.2 Å². The summed E-state index contributed by atoms with van der Waals surface area (Å²) in [6.45, 7) is 11.8. The van der Waals surface area contributed by atoms with Crippen molar-refractivity contribution in [3.63, 3.8) is 0 Å². The van der Waals surface area contributed by atoms with E-state index < -0.39 is 11.9 Å². The number of nitrogens with one attached hydrogen (secondary N) is 1. The Hall–Kier alpha value is -2.46. The van der Waals surface area contributed by atoms with Crippen molar-refractivity contribution in [2.24, 2.45) is 0 Å². The molecule has 1 aromatic heterocycles. The van der Waals surface area contributed by atoms with Gasteiger partial charge in [0, 0.05) is 17.5 Å². The lowest BCUT2D eigenvalue weighted by molar-refractivity contribution is -0.138. The topological polar surface area (TPSA) is 64.8 Å². The maximum Gasteiger partial charge on any atom is 0.335 e. The summed E-state index contributed by atoms with van der Waals surface area (Å²) in [6.07, 6.45) is 5.07. The van der Waals surface area contributed by atoms with Crippen LogP contribution in [0.5, 0.6) is 5.88 Å². The summed E-state index contributed by atoms with van der Waals surface area (Å²) >= 11 is 1.45. The molecule has 2 rings (SSSR count). The number of aromatic nitrogens is 1. The Kier molecular flexibility index (Phi) is 7.10. The Balaban J connectivity index is 2.75. The van der Waals surface area contributed by atoms with Crippen molar-refractivity contribution in [1.82, 2.24) is 10.3 Å². The summed E-state index contributed by atoms with van der Waals surface area (Å²) in [5.41, 5.74) is 2.39. The first-order valence-electron chi connectivity index (χ1n) is 8.44. The van der Waals surface area contributed by atoms with Gasteiger partial charge < -0.3 is 14.8 Å². The molecule has 0 aromatic carbocycles. The fourth-order valence-corrected chi connectivity index (χ4v) is 3.57. The number of dihydropyridines is 1. The number of esters is 1. The number of ether oxygens (including phenoxy) is 2. The van der Waals surface area contributed by atoms with E-state index in [1.807, 2.05) is 19.2 Å². The van der Waals surface area contributed by atoms with Gasteiger partial charge >= 0.3 is 5.97 Å². The maximum absolute atomic E-state index is 12.8. The Morgan fingerprint density at radius 1 is 1.46 bits per heavy atom. The molecule has 0 amide bonds. The van der Waals surface area contributed by atoms with Crippen LogP contribution >= 0.6 is 11.8 Å². The zero-order chi connectivity index (χ0) is 19.1. The van der Waals surface area contributed by atoms with E-state index in [0.29, 0.717) is 29.1 Å². The second-order valence-electron chi connectivity index (χ2n) is 5.55. The lowest BCUT2D eigenvalue weighted by atomic mass is 9.85. The molecular formula is C19H23N3O3S. The smallest absolute Gasteiger partial charge is 0.335 e. The van der Waals surface area contributed by atoms with Crippen molar-refractivity contribution in [3.05, 3.63) is 57.3 Å². The highest BCUT2D eigenvalue weighted by Crippen LogP contribution is 2.44. The van der Waals surface area contributed by atoms with Crippen LogP contribution in [0.4, 0.5) is 0 Å². The summed E-state index contributed by atoms with van der Waals surface area (Å²) in [4.78, 5) is 20.8. The quantitative estimate of drug-likeness (QED) is 0.579. The first-order chi connectivity index (χ1) is 12.6. The molecule has 0 aliphatic carbocycles. The van der Waals surface area contributed by atoms with Crippen LogP contribution in [-0.2, 0) is 9.53 Å². The average molecular weight is 373 g/mol. The van der Waals surface area contributed by atoms with E-state index in [1.54, 1.807) is 19.2 Å². The van der Waals surface area contributed by atoms with Crippen molar-refractivity contribution in [2.45, 2.75) is 32.6 Å². The summed E-state index contributed by atoms with van der Waals surface area (Å²) in [5.74, 6) is -0.584. The van der Waals surface area contributed by atoms with Gasteiger partial charge in [-0.15, -0.1) is 11.8 Å². The molecule has 1 aromatic rings. The van der Waals surface area contributed by atoms with E-state index in [1.165, 1.54) is 18.9 Å². The third kappa shape index (κ3) is 3.86. The van der Waals surface area contributed by atoms with E-state index >= 15 is 0 Å². The Morgan fingerprint density at radius 2 is 2.23 bits per heavy atom. The molecule has 6 nitrogen and oxygen atoms in total. The Bertz CT molecular complexity index is 780. The predicted molar refractivity (Wildman–Crippen MR) is 102 cm³/mol. The second kappa shape index (κ2) is 9.30. The standard InChI is InChI=1S/C19H23N3O3S/c1-6-9-13-15(19(23)25-7-2)14(16(20-3)18(22-13)26-5)12-10-8-11-21-17(12)24-4/h8,10-11,14,22H,6-7,9H2,1-2,4-5H3. The van der Waals surface area contributed by atoms with Crippen molar-refractivity contribution < 1.29 is 14.3 Å². The number of hydrogen-bond donors (Lipinski definition) is 1. The fourth-order valence-electron chi connectivity index (χ4n) is 2.97. The highest BCUT2D eigenvalue weighted by atomic mass is 32.2. The number of carbonyl (C=O) groups is 1. The average Bonchev–Trinajstić information content (AvgIpc) is 2.67. The molecule has 1 unspecified atom stereocenters. The molecule has 1 N–H and O–H groups in total. The molecule has 0 fully saturated rings. The monoisotopic (exact) mass is 373 g/mol. The van der Waals surface area contributed by atoms with Crippen molar-refractivity contribution >= 4 is 17.7 Å². The molecule has 2 heterocycles.